The zero-order valence-corrected chi connectivity index (χ0v) is 19.0. The molecule has 10 heteroatoms. The lowest BCUT2D eigenvalue weighted by molar-refractivity contribution is 0.103. The molecule has 1 amide bonds. The van der Waals surface area contributed by atoms with Crippen molar-refractivity contribution in [3.63, 3.8) is 0 Å². The van der Waals surface area contributed by atoms with Gasteiger partial charge in [0.25, 0.3) is 11.5 Å². The summed E-state index contributed by atoms with van der Waals surface area (Å²) < 4.78 is 13.3. The number of hydrogen-bond acceptors (Lipinski definition) is 6. The third kappa shape index (κ3) is 4.04. The molecule has 4 aromatic rings. The highest BCUT2D eigenvalue weighted by Gasteiger charge is 2.20. The van der Waals surface area contributed by atoms with Crippen molar-refractivity contribution in [2.75, 3.05) is 18.5 Å². The Morgan fingerprint density at radius 1 is 1.19 bits per heavy atom. The summed E-state index contributed by atoms with van der Waals surface area (Å²) in [5, 5.41) is 3.69. The van der Waals surface area contributed by atoms with E-state index in [1.807, 2.05) is 13.8 Å². The SMILES string of the molecule is CCOc1ccc(OCC)c(NC(=O)c2sc(=S)n3c2[nH]c(=O)c2cc(Cl)ccc23)c1. The lowest BCUT2D eigenvalue weighted by Gasteiger charge is -2.13. The van der Waals surface area contributed by atoms with Crippen molar-refractivity contribution < 1.29 is 14.3 Å². The first kappa shape index (κ1) is 21.4. The second kappa shape index (κ2) is 8.70. The molecule has 0 aliphatic carbocycles. The Kier molecular flexibility index (Phi) is 5.99. The quantitative estimate of drug-likeness (QED) is 0.371. The smallest absolute Gasteiger partial charge is 0.269 e. The Morgan fingerprint density at radius 2 is 1.97 bits per heavy atom. The minimum Gasteiger partial charge on any atom is -0.494 e. The average molecular weight is 476 g/mol. The van der Waals surface area contributed by atoms with Gasteiger partial charge in [-0.1, -0.05) is 22.9 Å². The van der Waals surface area contributed by atoms with Crippen LogP contribution in [0.3, 0.4) is 0 Å². The first-order chi connectivity index (χ1) is 14.9. The van der Waals surface area contributed by atoms with Gasteiger partial charge >= 0.3 is 0 Å². The Bertz CT molecular complexity index is 1420. The van der Waals surface area contributed by atoms with Crippen molar-refractivity contribution in [3.8, 4) is 11.5 Å². The van der Waals surface area contributed by atoms with Crippen molar-refractivity contribution >= 4 is 63.3 Å². The maximum atomic E-state index is 13.2. The Hall–Kier alpha value is -2.88. The molecule has 0 spiro atoms. The molecule has 4 rings (SSSR count). The predicted octanol–water partition coefficient (Wildman–Crippen LogP) is 5.27. The first-order valence-corrected chi connectivity index (χ1v) is 11.1. The number of carbonyl (C=O) groups is 1. The van der Waals surface area contributed by atoms with E-state index in [9.17, 15) is 9.59 Å². The molecule has 0 aliphatic rings. The van der Waals surface area contributed by atoms with E-state index in [1.54, 1.807) is 40.8 Å². The van der Waals surface area contributed by atoms with Crippen molar-refractivity contribution in [1.82, 2.24) is 9.38 Å². The number of aromatic amines is 1. The Labute approximate surface area is 191 Å². The molecule has 0 saturated carbocycles. The third-order valence-corrected chi connectivity index (χ3v) is 6.11. The van der Waals surface area contributed by atoms with Crippen molar-refractivity contribution in [3.05, 3.63) is 60.6 Å². The van der Waals surface area contributed by atoms with Crippen molar-refractivity contribution in [2.45, 2.75) is 13.8 Å². The van der Waals surface area contributed by atoms with Crippen LogP contribution in [0, 0.1) is 3.95 Å². The van der Waals surface area contributed by atoms with Crippen LogP contribution in [-0.2, 0) is 0 Å². The van der Waals surface area contributed by atoms with E-state index in [0.717, 1.165) is 11.3 Å². The number of amides is 1. The molecule has 2 N–H and O–H groups in total. The molecule has 160 valence electrons. The molecular formula is C21H18ClN3O4S2. The number of halogens is 1. The summed E-state index contributed by atoms with van der Waals surface area (Å²) >= 11 is 12.6. The predicted molar refractivity (Wildman–Crippen MR) is 126 cm³/mol. The average Bonchev–Trinajstić information content (AvgIpc) is 3.07. The molecule has 2 heterocycles. The minimum absolute atomic E-state index is 0.281. The van der Waals surface area contributed by atoms with Gasteiger partial charge in [-0.25, -0.2) is 0 Å². The summed E-state index contributed by atoms with van der Waals surface area (Å²) in [5.41, 5.74) is 1.01. The van der Waals surface area contributed by atoms with Crippen LogP contribution in [-0.4, -0.2) is 28.5 Å². The molecule has 7 nitrogen and oxygen atoms in total. The van der Waals surface area contributed by atoms with Gasteiger partial charge in [-0.15, -0.1) is 0 Å². The minimum atomic E-state index is -0.419. The molecule has 0 fully saturated rings. The normalized spacial score (nSPS) is 11.1. The van der Waals surface area contributed by atoms with Crippen LogP contribution in [0.2, 0.25) is 5.02 Å². The largest absolute Gasteiger partial charge is 0.494 e. The topological polar surface area (TPSA) is 84.8 Å². The van der Waals surface area contributed by atoms with Crippen LogP contribution in [0.25, 0.3) is 16.6 Å². The lowest BCUT2D eigenvalue weighted by atomic mass is 10.2. The molecule has 2 aromatic carbocycles. The molecule has 0 unspecified atom stereocenters. The number of benzene rings is 2. The highest BCUT2D eigenvalue weighted by Crippen LogP contribution is 2.31. The third-order valence-electron chi connectivity index (χ3n) is 4.50. The molecule has 0 saturated heterocycles. The van der Waals surface area contributed by atoms with Gasteiger partial charge in [-0.2, -0.15) is 0 Å². The Morgan fingerprint density at radius 3 is 2.71 bits per heavy atom. The van der Waals surface area contributed by atoms with E-state index in [0.29, 0.717) is 55.9 Å². The molecule has 2 aromatic heterocycles. The fourth-order valence-corrected chi connectivity index (χ4v) is 4.69. The molecule has 0 bridgehead atoms. The van der Waals surface area contributed by atoms with Gasteiger partial charge in [0.1, 0.15) is 22.0 Å². The van der Waals surface area contributed by atoms with Crippen LogP contribution in [0.15, 0.2) is 41.2 Å². The van der Waals surface area contributed by atoms with E-state index >= 15 is 0 Å². The van der Waals surface area contributed by atoms with Crippen LogP contribution in [0.4, 0.5) is 5.69 Å². The second-order valence-corrected chi connectivity index (χ2v) is 8.56. The molecule has 0 radical (unpaired) electrons. The van der Waals surface area contributed by atoms with Gasteiger partial charge in [0.15, 0.2) is 3.95 Å². The number of H-pyrrole nitrogens is 1. The first-order valence-electron chi connectivity index (χ1n) is 9.51. The van der Waals surface area contributed by atoms with Crippen molar-refractivity contribution in [1.29, 1.82) is 0 Å². The highest BCUT2D eigenvalue weighted by molar-refractivity contribution is 7.73. The van der Waals surface area contributed by atoms with Gasteiger partial charge in [0.05, 0.1) is 29.8 Å². The fourth-order valence-electron chi connectivity index (χ4n) is 3.24. The van der Waals surface area contributed by atoms with E-state index < -0.39 is 5.91 Å². The number of hydrogen-bond donors (Lipinski definition) is 2. The lowest BCUT2D eigenvalue weighted by Crippen LogP contribution is -2.15. The van der Waals surface area contributed by atoms with E-state index in [4.69, 9.17) is 33.3 Å². The number of nitrogens with zero attached hydrogens (tertiary/aromatic N) is 1. The fraction of sp³-hybridized carbons (Fsp3) is 0.190. The maximum Gasteiger partial charge on any atom is 0.269 e. The van der Waals surface area contributed by atoms with Gasteiger partial charge in [-0.3, -0.25) is 14.0 Å². The number of nitrogens with one attached hydrogen (secondary N) is 2. The second-order valence-electron chi connectivity index (χ2n) is 6.47. The molecule has 0 atom stereocenters. The summed E-state index contributed by atoms with van der Waals surface area (Å²) in [7, 11) is 0. The van der Waals surface area contributed by atoms with E-state index in [-0.39, 0.29) is 10.4 Å². The van der Waals surface area contributed by atoms with Gasteiger partial charge < -0.3 is 19.8 Å². The standard InChI is InChI=1S/C21H18ClN3O4S2/c1-3-28-12-6-8-16(29-4-2)14(10-12)23-20(27)17-18-24-19(26)13-9-11(22)5-7-15(13)25(18)21(30)31-17/h5-10H,3-4H2,1-2H3,(H,23,27)(H,24,26). The molecule has 0 aliphatic heterocycles. The summed E-state index contributed by atoms with van der Waals surface area (Å²) in [4.78, 5) is 28.8. The maximum absolute atomic E-state index is 13.2. The van der Waals surface area contributed by atoms with E-state index in [1.165, 1.54) is 0 Å². The number of anilines is 1. The van der Waals surface area contributed by atoms with Crippen LogP contribution in [0.1, 0.15) is 23.5 Å². The number of ether oxygens (including phenoxy) is 2. The Balaban J connectivity index is 1.81. The summed E-state index contributed by atoms with van der Waals surface area (Å²) in [5.74, 6) is 0.698. The zero-order valence-electron chi connectivity index (χ0n) is 16.7. The monoisotopic (exact) mass is 475 g/mol. The van der Waals surface area contributed by atoms with Crippen LogP contribution >= 0.6 is 35.2 Å². The van der Waals surface area contributed by atoms with Crippen LogP contribution in [0.5, 0.6) is 11.5 Å². The van der Waals surface area contributed by atoms with E-state index in [2.05, 4.69) is 10.3 Å². The highest BCUT2D eigenvalue weighted by atomic mass is 35.5. The summed E-state index contributed by atoms with van der Waals surface area (Å²) in [6.45, 7) is 4.66. The molecule has 31 heavy (non-hydrogen) atoms. The van der Waals surface area contributed by atoms with Crippen molar-refractivity contribution in [2.24, 2.45) is 0 Å². The number of thiazole rings is 1. The summed E-state index contributed by atoms with van der Waals surface area (Å²) in [6.07, 6.45) is 0. The number of fused-ring (bicyclic) bond motifs is 3. The summed E-state index contributed by atoms with van der Waals surface area (Å²) in [6, 6.07) is 10.2. The van der Waals surface area contributed by atoms with Gasteiger partial charge in [0, 0.05) is 11.1 Å². The zero-order chi connectivity index (χ0) is 22.1. The number of rotatable bonds is 6. The van der Waals surface area contributed by atoms with Gasteiger partial charge in [-0.05, 0) is 56.4 Å². The molecular weight excluding hydrogens is 458 g/mol. The van der Waals surface area contributed by atoms with Crippen LogP contribution < -0.4 is 20.3 Å². The number of aromatic nitrogens is 2. The van der Waals surface area contributed by atoms with Gasteiger partial charge in [0.2, 0.25) is 0 Å². The number of carbonyl (C=O) groups excluding carboxylic acids is 1.